The maximum Gasteiger partial charge on any atom is 0.136 e. The molecule has 0 saturated heterocycles. The van der Waals surface area contributed by atoms with Gasteiger partial charge in [0.2, 0.25) is 0 Å². The number of hydrogen-bond donors (Lipinski definition) is 0. The van der Waals surface area contributed by atoms with Crippen LogP contribution in [0.15, 0.2) is 65.5 Å². The SMILES string of the molecule is c1cc2c3c(c1)ccc1oc4cccc(c4c13)-c1ncncc1-2. The Morgan fingerprint density at radius 3 is 2.57 bits per heavy atom. The van der Waals surface area contributed by atoms with Crippen molar-refractivity contribution >= 4 is 32.7 Å². The Morgan fingerprint density at radius 1 is 0.696 bits per heavy atom. The summed E-state index contributed by atoms with van der Waals surface area (Å²) in [6.07, 6.45) is 3.53. The zero-order valence-corrected chi connectivity index (χ0v) is 12.1. The fourth-order valence-corrected chi connectivity index (χ4v) is 3.85. The van der Waals surface area contributed by atoms with Crippen LogP contribution in [0.25, 0.3) is 55.1 Å². The summed E-state index contributed by atoms with van der Waals surface area (Å²) in [5, 5.41) is 4.77. The quantitative estimate of drug-likeness (QED) is 0.387. The summed E-state index contributed by atoms with van der Waals surface area (Å²) < 4.78 is 6.10. The lowest BCUT2D eigenvalue weighted by Gasteiger charge is -2.09. The standard InChI is InChI=1S/C20H10N2O/c1-3-11-7-8-16-19-17(11)12(4-1)14-9-21-10-22-20(14)13-5-2-6-15(23-16)18(13)19/h1-10H. The Kier molecular flexibility index (Phi) is 1.86. The lowest BCUT2D eigenvalue weighted by molar-refractivity contribution is 0.669. The second-order valence-electron chi connectivity index (χ2n) is 5.91. The van der Waals surface area contributed by atoms with Gasteiger partial charge in [-0.25, -0.2) is 9.97 Å². The Labute approximate surface area is 131 Å². The Morgan fingerprint density at radius 2 is 1.57 bits per heavy atom. The van der Waals surface area contributed by atoms with Gasteiger partial charge < -0.3 is 4.42 Å². The van der Waals surface area contributed by atoms with Gasteiger partial charge in [0, 0.05) is 33.5 Å². The first-order valence-electron chi connectivity index (χ1n) is 7.59. The molecule has 1 aliphatic rings. The van der Waals surface area contributed by atoms with Gasteiger partial charge in [-0.1, -0.05) is 36.4 Å². The van der Waals surface area contributed by atoms with Crippen molar-refractivity contribution in [3.05, 3.63) is 61.1 Å². The Balaban J connectivity index is 2.08. The highest BCUT2D eigenvalue weighted by Gasteiger charge is 2.23. The van der Waals surface area contributed by atoms with Crippen molar-refractivity contribution in [3.8, 4) is 22.4 Å². The first-order chi connectivity index (χ1) is 11.4. The van der Waals surface area contributed by atoms with Crippen molar-refractivity contribution in [3.63, 3.8) is 0 Å². The minimum absolute atomic E-state index is 0.909. The molecule has 0 radical (unpaired) electrons. The minimum atomic E-state index is 0.909. The van der Waals surface area contributed by atoms with Crippen LogP contribution in [0.2, 0.25) is 0 Å². The Bertz CT molecular complexity index is 1250. The van der Waals surface area contributed by atoms with E-state index in [0.29, 0.717) is 0 Å². The van der Waals surface area contributed by atoms with E-state index in [4.69, 9.17) is 4.42 Å². The molecule has 3 nitrogen and oxygen atoms in total. The van der Waals surface area contributed by atoms with Crippen LogP contribution in [0.1, 0.15) is 0 Å². The fraction of sp³-hybridized carbons (Fsp3) is 0. The number of aromatic nitrogens is 2. The summed E-state index contributed by atoms with van der Waals surface area (Å²) in [6.45, 7) is 0. The van der Waals surface area contributed by atoms with E-state index in [1.807, 2.05) is 18.3 Å². The number of benzene rings is 3. The molecule has 1 aliphatic carbocycles. The normalized spacial score (nSPS) is 12.3. The largest absolute Gasteiger partial charge is 0.456 e. The van der Waals surface area contributed by atoms with Crippen molar-refractivity contribution < 1.29 is 4.42 Å². The van der Waals surface area contributed by atoms with Gasteiger partial charge in [0.1, 0.15) is 17.5 Å². The monoisotopic (exact) mass is 294 g/mol. The molecule has 0 fully saturated rings. The predicted molar refractivity (Wildman–Crippen MR) is 91.2 cm³/mol. The molecule has 106 valence electrons. The van der Waals surface area contributed by atoms with Crippen LogP contribution in [0.3, 0.4) is 0 Å². The summed E-state index contributed by atoms with van der Waals surface area (Å²) in [5.41, 5.74) is 6.16. The maximum atomic E-state index is 6.10. The third-order valence-electron chi connectivity index (χ3n) is 4.76. The van der Waals surface area contributed by atoms with Gasteiger partial charge in [-0.3, -0.25) is 0 Å². The van der Waals surface area contributed by atoms with E-state index in [1.54, 1.807) is 6.33 Å². The molecule has 0 N–H and O–H groups in total. The van der Waals surface area contributed by atoms with Crippen molar-refractivity contribution in [2.24, 2.45) is 0 Å². The van der Waals surface area contributed by atoms with Gasteiger partial charge in [-0.05, 0) is 23.1 Å². The summed E-state index contributed by atoms with van der Waals surface area (Å²) in [7, 11) is 0. The number of nitrogens with zero attached hydrogens (tertiary/aromatic N) is 2. The molecule has 0 amide bonds. The molecule has 23 heavy (non-hydrogen) atoms. The third kappa shape index (κ3) is 1.26. The summed E-state index contributed by atoms with van der Waals surface area (Å²) in [6, 6.07) is 16.7. The predicted octanol–water partition coefficient (Wildman–Crippen LogP) is 5.18. The first kappa shape index (κ1) is 11.4. The van der Waals surface area contributed by atoms with Crippen molar-refractivity contribution in [1.29, 1.82) is 0 Å². The molecular weight excluding hydrogens is 284 g/mol. The third-order valence-corrected chi connectivity index (χ3v) is 4.76. The molecule has 0 aliphatic heterocycles. The molecular formula is C20H10N2O. The zero-order chi connectivity index (χ0) is 15.0. The molecule has 5 aromatic rings. The summed E-state index contributed by atoms with van der Waals surface area (Å²) >= 11 is 0. The molecule has 2 heterocycles. The molecule has 0 spiro atoms. The molecule has 3 heteroatoms. The van der Waals surface area contributed by atoms with Gasteiger partial charge in [0.25, 0.3) is 0 Å². The minimum Gasteiger partial charge on any atom is -0.456 e. The van der Waals surface area contributed by atoms with Crippen molar-refractivity contribution in [2.75, 3.05) is 0 Å². The van der Waals surface area contributed by atoms with E-state index in [0.717, 1.165) is 33.4 Å². The van der Waals surface area contributed by atoms with Crippen LogP contribution in [0, 0.1) is 0 Å². The highest BCUT2D eigenvalue weighted by atomic mass is 16.3. The maximum absolute atomic E-state index is 6.10. The summed E-state index contributed by atoms with van der Waals surface area (Å²) in [5.74, 6) is 0. The van der Waals surface area contributed by atoms with Crippen LogP contribution in [0.4, 0.5) is 0 Å². The van der Waals surface area contributed by atoms with Gasteiger partial charge in [0.05, 0.1) is 5.69 Å². The molecule has 0 unspecified atom stereocenters. The molecule has 0 bridgehead atoms. The molecule has 0 saturated carbocycles. The zero-order valence-electron chi connectivity index (χ0n) is 12.1. The van der Waals surface area contributed by atoms with Gasteiger partial charge in [-0.15, -0.1) is 0 Å². The van der Waals surface area contributed by atoms with E-state index in [1.165, 1.54) is 21.7 Å². The second-order valence-corrected chi connectivity index (χ2v) is 5.91. The van der Waals surface area contributed by atoms with E-state index in [-0.39, 0.29) is 0 Å². The van der Waals surface area contributed by atoms with Gasteiger partial charge in [-0.2, -0.15) is 0 Å². The van der Waals surface area contributed by atoms with Gasteiger partial charge >= 0.3 is 0 Å². The molecule has 0 atom stereocenters. The van der Waals surface area contributed by atoms with Crippen LogP contribution < -0.4 is 0 Å². The highest BCUT2D eigenvalue weighted by molar-refractivity contribution is 6.28. The number of hydrogen-bond acceptors (Lipinski definition) is 3. The average molecular weight is 294 g/mol. The Hall–Kier alpha value is -3.20. The topological polar surface area (TPSA) is 38.9 Å². The van der Waals surface area contributed by atoms with Crippen molar-refractivity contribution in [1.82, 2.24) is 9.97 Å². The highest BCUT2D eigenvalue weighted by Crippen LogP contribution is 2.47. The van der Waals surface area contributed by atoms with Gasteiger partial charge in [0.15, 0.2) is 0 Å². The fourth-order valence-electron chi connectivity index (χ4n) is 3.85. The number of fused-ring (bicyclic) bond motifs is 3. The number of rotatable bonds is 0. The van der Waals surface area contributed by atoms with Crippen LogP contribution >= 0.6 is 0 Å². The lowest BCUT2D eigenvalue weighted by Crippen LogP contribution is -1.90. The lowest BCUT2D eigenvalue weighted by atomic mass is 9.97. The first-order valence-corrected chi connectivity index (χ1v) is 7.59. The number of furan rings is 1. The smallest absolute Gasteiger partial charge is 0.136 e. The second kappa shape index (κ2) is 3.76. The average Bonchev–Trinajstić information content (AvgIpc) is 2.94. The van der Waals surface area contributed by atoms with Crippen molar-refractivity contribution in [2.45, 2.75) is 0 Å². The van der Waals surface area contributed by atoms with E-state index >= 15 is 0 Å². The van der Waals surface area contributed by atoms with Crippen LogP contribution in [-0.2, 0) is 0 Å². The van der Waals surface area contributed by atoms with E-state index in [9.17, 15) is 0 Å². The van der Waals surface area contributed by atoms with Crippen LogP contribution in [-0.4, -0.2) is 9.97 Å². The van der Waals surface area contributed by atoms with E-state index < -0.39 is 0 Å². The molecule has 2 aromatic heterocycles. The van der Waals surface area contributed by atoms with Crippen LogP contribution in [0.5, 0.6) is 0 Å². The molecule has 6 rings (SSSR count). The van der Waals surface area contributed by atoms with E-state index in [2.05, 4.69) is 46.4 Å². The summed E-state index contributed by atoms with van der Waals surface area (Å²) in [4.78, 5) is 8.86. The molecule has 3 aromatic carbocycles.